The van der Waals surface area contributed by atoms with E-state index >= 15 is 0 Å². The molecule has 22 heavy (non-hydrogen) atoms. The van der Waals surface area contributed by atoms with E-state index in [9.17, 15) is 14.0 Å². The van der Waals surface area contributed by atoms with Crippen molar-refractivity contribution < 1.29 is 14.0 Å². The van der Waals surface area contributed by atoms with E-state index in [1.54, 1.807) is 42.5 Å². The van der Waals surface area contributed by atoms with E-state index in [2.05, 4.69) is 10.2 Å². The van der Waals surface area contributed by atoms with Crippen LogP contribution in [0.15, 0.2) is 42.5 Å². The smallest absolute Gasteiger partial charge is 0.261 e. The van der Waals surface area contributed by atoms with Gasteiger partial charge in [-0.2, -0.15) is 4.39 Å². The monoisotopic (exact) mass is 295 g/mol. The topological polar surface area (TPSA) is 66.1 Å². The minimum atomic E-state index is -0.598. The van der Waals surface area contributed by atoms with Gasteiger partial charge in [0, 0.05) is 0 Å². The molecule has 6 heteroatoms. The van der Waals surface area contributed by atoms with Crippen LogP contribution in [0.3, 0.4) is 0 Å². The molecule has 0 aliphatic carbocycles. The number of nitrogens with one attached hydrogen (secondary N) is 1. The standard InChI is InChI=1S/C16H10FN3O2/c17-14-12-7-9(5-6-13(12)18-19-14)8-20-15(21)10-3-1-2-4-11(10)16(20)22/h1-7H,8H2,(H,18,19). The number of halogens is 1. The van der Waals surface area contributed by atoms with Gasteiger partial charge in [0.05, 0.1) is 28.6 Å². The lowest BCUT2D eigenvalue weighted by Gasteiger charge is -2.13. The van der Waals surface area contributed by atoms with Crippen molar-refractivity contribution in [1.82, 2.24) is 15.1 Å². The van der Waals surface area contributed by atoms with Crippen LogP contribution in [0.1, 0.15) is 26.3 Å². The number of rotatable bonds is 2. The highest BCUT2D eigenvalue weighted by Crippen LogP contribution is 2.25. The van der Waals surface area contributed by atoms with Gasteiger partial charge in [-0.1, -0.05) is 18.2 Å². The number of aromatic amines is 1. The molecule has 0 spiro atoms. The second-order valence-electron chi connectivity index (χ2n) is 5.14. The first-order chi connectivity index (χ1) is 10.6. The number of hydrogen-bond donors (Lipinski definition) is 1. The molecule has 1 aliphatic rings. The molecule has 0 saturated carbocycles. The second kappa shape index (κ2) is 4.49. The lowest BCUT2D eigenvalue weighted by atomic mass is 10.1. The predicted molar refractivity (Wildman–Crippen MR) is 76.7 cm³/mol. The number of benzene rings is 2. The third-order valence-corrected chi connectivity index (χ3v) is 3.80. The summed E-state index contributed by atoms with van der Waals surface area (Å²) in [6, 6.07) is 11.7. The highest BCUT2D eigenvalue weighted by molar-refractivity contribution is 6.21. The molecular formula is C16H10FN3O2. The van der Waals surface area contributed by atoms with E-state index < -0.39 is 5.95 Å². The molecule has 0 unspecified atom stereocenters. The summed E-state index contributed by atoms with van der Waals surface area (Å²) in [5.41, 5.74) is 2.05. The molecule has 3 aromatic rings. The fraction of sp³-hybridized carbons (Fsp3) is 0.0625. The molecule has 108 valence electrons. The number of hydrogen-bond acceptors (Lipinski definition) is 3. The number of aromatic nitrogens is 2. The van der Waals surface area contributed by atoms with Crippen molar-refractivity contribution >= 4 is 22.7 Å². The average molecular weight is 295 g/mol. The molecule has 0 bridgehead atoms. The highest BCUT2D eigenvalue weighted by Gasteiger charge is 2.34. The maximum absolute atomic E-state index is 13.5. The lowest BCUT2D eigenvalue weighted by molar-refractivity contribution is 0.0642. The van der Waals surface area contributed by atoms with Crippen molar-refractivity contribution in [3.63, 3.8) is 0 Å². The number of amides is 2. The molecule has 1 aromatic heterocycles. The van der Waals surface area contributed by atoms with Crippen LogP contribution in [0.2, 0.25) is 0 Å². The Hall–Kier alpha value is -3.02. The van der Waals surface area contributed by atoms with Crippen molar-refractivity contribution in [2.24, 2.45) is 0 Å². The van der Waals surface area contributed by atoms with E-state index in [1.165, 1.54) is 4.90 Å². The lowest BCUT2D eigenvalue weighted by Crippen LogP contribution is -2.29. The number of carbonyl (C=O) groups is 2. The second-order valence-corrected chi connectivity index (χ2v) is 5.14. The van der Waals surface area contributed by atoms with Crippen LogP contribution in [0.5, 0.6) is 0 Å². The van der Waals surface area contributed by atoms with Crippen molar-refractivity contribution in [3.8, 4) is 0 Å². The first-order valence-electron chi connectivity index (χ1n) is 6.73. The maximum Gasteiger partial charge on any atom is 0.261 e. The Bertz CT molecular complexity index is 897. The molecule has 4 rings (SSSR count). The summed E-state index contributed by atoms with van der Waals surface area (Å²) < 4.78 is 13.5. The third-order valence-electron chi connectivity index (χ3n) is 3.80. The first kappa shape index (κ1) is 12.7. The molecule has 2 aromatic carbocycles. The van der Waals surface area contributed by atoms with E-state index in [0.717, 1.165) is 0 Å². The van der Waals surface area contributed by atoms with Gasteiger partial charge in [0.2, 0.25) is 5.95 Å². The fourth-order valence-corrected chi connectivity index (χ4v) is 2.69. The first-order valence-corrected chi connectivity index (χ1v) is 6.73. The molecule has 0 fully saturated rings. The van der Waals surface area contributed by atoms with Gasteiger partial charge >= 0.3 is 0 Å². The summed E-state index contributed by atoms with van der Waals surface area (Å²) in [7, 11) is 0. The van der Waals surface area contributed by atoms with Crippen molar-refractivity contribution in [3.05, 3.63) is 65.1 Å². The SMILES string of the molecule is O=C1c2ccccc2C(=O)N1Cc1ccc2[nH]nc(F)c2c1. The normalized spacial score (nSPS) is 14.0. The number of carbonyl (C=O) groups excluding carboxylic acids is 2. The minimum Gasteiger partial charge on any atom is -0.275 e. The molecule has 1 N–H and O–H groups in total. The minimum absolute atomic E-state index is 0.104. The van der Waals surface area contributed by atoms with Crippen molar-refractivity contribution in [2.75, 3.05) is 0 Å². The van der Waals surface area contributed by atoms with Crippen LogP contribution >= 0.6 is 0 Å². The summed E-state index contributed by atoms with van der Waals surface area (Å²) in [5, 5.41) is 6.40. The molecule has 0 saturated heterocycles. The van der Waals surface area contributed by atoms with Crippen molar-refractivity contribution in [1.29, 1.82) is 0 Å². The van der Waals surface area contributed by atoms with Gasteiger partial charge in [-0.15, -0.1) is 5.10 Å². The maximum atomic E-state index is 13.5. The molecule has 1 aliphatic heterocycles. The summed E-state index contributed by atoms with van der Waals surface area (Å²) in [6.07, 6.45) is 0. The Morgan fingerprint density at radius 2 is 1.73 bits per heavy atom. The predicted octanol–water partition coefficient (Wildman–Crippen LogP) is 2.50. The highest BCUT2D eigenvalue weighted by atomic mass is 19.1. The summed E-state index contributed by atoms with van der Waals surface area (Å²) in [4.78, 5) is 25.8. The zero-order valence-electron chi connectivity index (χ0n) is 11.3. The van der Waals surface area contributed by atoms with E-state index in [0.29, 0.717) is 27.6 Å². The van der Waals surface area contributed by atoms with Crippen molar-refractivity contribution in [2.45, 2.75) is 6.54 Å². The molecule has 0 radical (unpaired) electrons. The summed E-state index contributed by atoms with van der Waals surface area (Å²) in [6.45, 7) is 0.104. The average Bonchev–Trinajstić information content (AvgIpc) is 3.02. The van der Waals surface area contributed by atoms with Gasteiger partial charge in [0.25, 0.3) is 11.8 Å². The largest absolute Gasteiger partial charge is 0.275 e. The van der Waals surface area contributed by atoms with Gasteiger partial charge < -0.3 is 0 Å². The zero-order chi connectivity index (χ0) is 15.3. The van der Waals surface area contributed by atoms with E-state index in [-0.39, 0.29) is 18.4 Å². The van der Waals surface area contributed by atoms with Gasteiger partial charge in [-0.3, -0.25) is 19.6 Å². The number of imide groups is 1. The molecule has 2 amide bonds. The number of H-pyrrole nitrogens is 1. The van der Waals surface area contributed by atoms with Crippen LogP contribution in [-0.4, -0.2) is 26.9 Å². The summed E-state index contributed by atoms with van der Waals surface area (Å²) >= 11 is 0. The van der Waals surface area contributed by atoms with Crippen LogP contribution in [-0.2, 0) is 6.54 Å². The molecule has 0 atom stereocenters. The Morgan fingerprint density at radius 1 is 1.05 bits per heavy atom. The number of fused-ring (bicyclic) bond motifs is 2. The van der Waals surface area contributed by atoms with E-state index in [1.807, 2.05) is 0 Å². The van der Waals surface area contributed by atoms with Crippen LogP contribution in [0, 0.1) is 5.95 Å². The third kappa shape index (κ3) is 1.74. The van der Waals surface area contributed by atoms with Gasteiger partial charge in [0.1, 0.15) is 0 Å². The van der Waals surface area contributed by atoms with E-state index in [4.69, 9.17) is 0 Å². The Morgan fingerprint density at radius 3 is 2.41 bits per heavy atom. The van der Waals surface area contributed by atoms with Crippen LogP contribution in [0.4, 0.5) is 4.39 Å². The van der Waals surface area contributed by atoms with Crippen LogP contribution in [0.25, 0.3) is 10.9 Å². The Labute approximate surface area is 124 Å². The Balaban J connectivity index is 1.70. The van der Waals surface area contributed by atoms with Crippen LogP contribution < -0.4 is 0 Å². The van der Waals surface area contributed by atoms with Gasteiger partial charge in [-0.05, 0) is 29.8 Å². The van der Waals surface area contributed by atoms with Gasteiger partial charge in [0.15, 0.2) is 0 Å². The molecular weight excluding hydrogens is 285 g/mol. The Kier molecular flexibility index (Phi) is 2.59. The summed E-state index contributed by atoms with van der Waals surface area (Å²) in [5.74, 6) is -1.25. The van der Waals surface area contributed by atoms with Gasteiger partial charge in [-0.25, -0.2) is 0 Å². The quantitative estimate of drug-likeness (QED) is 0.739. The zero-order valence-corrected chi connectivity index (χ0v) is 11.3. The molecule has 2 heterocycles. The number of nitrogens with zero attached hydrogens (tertiary/aromatic N) is 2. The molecule has 5 nitrogen and oxygen atoms in total. The fourth-order valence-electron chi connectivity index (χ4n) is 2.69.